The Morgan fingerprint density at radius 1 is 1.12 bits per heavy atom. The monoisotopic (exact) mass is 354 g/mol. The molecule has 0 amide bonds. The maximum atomic E-state index is 11.9. The molecule has 3 aromatic rings. The van der Waals surface area contributed by atoms with Crippen molar-refractivity contribution in [1.29, 1.82) is 0 Å². The number of ether oxygens (including phenoxy) is 1. The van der Waals surface area contributed by atoms with E-state index in [2.05, 4.69) is 0 Å². The molecule has 1 aromatic carbocycles. The Morgan fingerprint density at radius 3 is 2.65 bits per heavy atom. The van der Waals surface area contributed by atoms with Crippen LogP contribution in [0.4, 0.5) is 0 Å². The fourth-order valence-electron chi connectivity index (χ4n) is 3.58. The van der Waals surface area contributed by atoms with Gasteiger partial charge in [0.2, 0.25) is 0 Å². The third kappa shape index (κ3) is 2.98. The van der Waals surface area contributed by atoms with E-state index in [1.807, 2.05) is 18.2 Å². The number of hydrogen-bond acceptors (Lipinski definition) is 5. The molecule has 1 fully saturated rings. The van der Waals surface area contributed by atoms with Crippen molar-refractivity contribution in [2.45, 2.75) is 39.5 Å². The molecule has 2 aromatic heterocycles. The fraction of sp³-hybridized carbons (Fsp3) is 0.381. The largest absolute Gasteiger partial charge is 0.507 e. The van der Waals surface area contributed by atoms with Crippen molar-refractivity contribution in [2.75, 3.05) is 6.61 Å². The molecule has 1 aliphatic rings. The van der Waals surface area contributed by atoms with Crippen LogP contribution >= 0.6 is 0 Å². The third-order valence-corrected chi connectivity index (χ3v) is 5.22. The average molecular weight is 354 g/mol. The van der Waals surface area contributed by atoms with Crippen LogP contribution in [0.1, 0.15) is 36.8 Å². The molecule has 26 heavy (non-hydrogen) atoms. The zero-order valence-corrected chi connectivity index (χ0v) is 15.0. The lowest BCUT2D eigenvalue weighted by Gasteiger charge is -2.10. The van der Waals surface area contributed by atoms with Crippen molar-refractivity contribution in [3.8, 4) is 23.0 Å². The molecule has 5 nitrogen and oxygen atoms in total. The molecule has 1 aliphatic carbocycles. The molecule has 0 radical (unpaired) electrons. The molecule has 0 unspecified atom stereocenters. The van der Waals surface area contributed by atoms with Gasteiger partial charge in [0.25, 0.3) is 0 Å². The van der Waals surface area contributed by atoms with Crippen LogP contribution in [-0.2, 0) is 0 Å². The molecule has 0 spiro atoms. The van der Waals surface area contributed by atoms with E-state index in [4.69, 9.17) is 13.6 Å². The lowest BCUT2D eigenvalue weighted by Crippen LogP contribution is -2.07. The quantitative estimate of drug-likeness (QED) is 0.718. The number of hydrogen-bond donors (Lipinski definition) is 1. The van der Waals surface area contributed by atoms with Gasteiger partial charge in [-0.25, -0.2) is 4.79 Å². The molecule has 136 valence electrons. The second-order valence-electron chi connectivity index (χ2n) is 7.09. The Labute approximate surface area is 151 Å². The third-order valence-electron chi connectivity index (χ3n) is 5.22. The molecule has 0 bridgehead atoms. The molecule has 5 heteroatoms. The standard InChI is InChI=1S/C21H22O5/c1-12-19(22)13(2)21(23)26-20(12)18-10-15-9-16(7-8-17(15)25-18)24-11-14-5-3-4-6-14/h7-10,14,22H,3-6,11H2,1-2H3. The van der Waals surface area contributed by atoms with Crippen LogP contribution in [0, 0.1) is 19.8 Å². The molecule has 4 rings (SSSR count). The second kappa shape index (κ2) is 6.56. The minimum atomic E-state index is -0.566. The average Bonchev–Trinajstić information content (AvgIpc) is 3.30. The zero-order chi connectivity index (χ0) is 18.3. The minimum Gasteiger partial charge on any atom is -0.507 e. The molecule has 2 heterocycles. The normalized spacial score (nSPS) is 15.0. The summed E-state index contributed by atoms with van der Waals surface area (Å²) in [6, 6.07) is 7.47. The molecule has 0 saturated heterocycles. The Bertz CT molecular complexity index is 1010. The van der Waals surface area contributed by atoms with Crippen molar-refractivity contribution in [1.82, 2.24) is 0 Å². The summed E-state index contributed by atoms with van der Waals surface area (Å²) >= 11 is 0. The van der Waals surface area contributed by atoms with Crippen molar-refractivity contribution >= 4 is 11.0 Å². The lowest BCUT2D eigenvalue weighted by molar-refractivity contribution is 0.252. The van der Waals surface area contributed by atoms with E-state index in [9.17, 15) is 9.90 Å². The van der Waals surface area contributed by atoms with Crippen LogP contribution in [0.25, 0.3) is 22.5 Å². The number of fused-ring (bicyclic) bond motifs is 1. The van der Waals surface area contributed by atoms with E-state index in [1.165, 1.54) is 32.6 Å². The van der Waals surface area contributed by atoms with Crippen LogP contribution in [-0.4, -0.2) is 11.7 Å². The molecule has 1 saturated carbocycles. The minimum absolute atomic E-state index is 0.0581. The zero-order valence-electron chi connectivity index (χ0n) is 15.0. The van der Waals surface area contributed by atoms with Gasteiger partial charge in [-0.3, -0.25) is 0 Å². The topological polar surface area (TPSA) is 72.8 Å². The van der Waals surface area contributed by atoms with Crippen molar-refractivity contribution in [3.63, 3.8) is 0 Å². The summed E-state index contributed by atoms with van der Waals surface area (Å²) in [6.07, 6.45) is 5.08. The predicted octanol–water partition coefficient (Wildman–Crippen LogP) is 4.94. The fourth-order valence-corrected chi connectivity index (χ4v) is 3.58. The van der Waals surface area contributed by atoms with Gasteiger partial charge >= 0.3 is 5.63 Å². The van der Waals surface area contributed by atoms with E-state index >= 15 is 0 Å². The number of aromatic hydroxyl groups is 1. The van der Waals surface area contributed by atoms with Crippen LogP contribution < -0.4 is 10.4 Å². The van der Waals surface area contributed by atoms with E-state index in [0.717, 1.165) is 17.7 Å². The lowest BCUT2D eigenvalue weighted by atomic mass is 10.1. The predicted molar refractivity (Wildman–Crippen MR) is 98.8 cm³/mol. The Hall–Kier alpha value is -2.69. The summed E-state index contributed by atoms with van der Waals surface area (Å²) in [4.78, 5) is 11.9. The highest BCUT2D eigenvalue weighted by Gasteiger charge is 2.19. The van der Waals surface area contributed by atoms with Gasteiger partial charge in [0.15, 0.2) is 11.5 Å². The van der Waals surface area contributed by atoms with Gasteiger partial charge in [-0.05, 0) is 56.9 Å². The first-order valence-electron chi connectivity index (χ1n) is 9.03. The van der Waals surface area contributed by atoms with Gasteiger partial charge in [-0.1, -0.05) is 12.8 Å². The number of rotatable bonds is 4. The van der Waals surface area contributed by atoms with E-state index in [-0.39, 0.29) is 17.1 Å². The summed E-state index contributed by atoms with van der Waals surface area (Å²) in [6.45, 7) is 3.98. The van der Waals surface area contributed by atoms with E-state index in [1.54, 1.807) is 13.0 Å². The van der Waals surface area contributed by atoms with E-state index < -0.39 is 5.63 Å². The van der Waals surface area contributed by atoms with E-state index in [0.29, 0.717) is 22.8 Å². The summed E-state index contributed by atoms with van der Waals surface area (Å²) in [5.74, 6) is 2.07. The highest BCUT2D eigenvalue weighted by molar-refractivity contribution is 5.84. The summed E-state index contributed by atoms with van der Waals surface area (Å²) < 4.78 is 17.1. The van der Waals surface area contributed by atoms with Crippen molar-refractivity contribution in [2.24, 2.45) is 5.92 Å². The molecular weight excluding hydrogens is 332 g/mol. The van der Waals surface area contributed by atoms with Gasteiger partial charge in [0.1, 0.15) is 17.1 Å². The van der Waals surface area contributed by atoms with Gasteiger partial charge < -0.3 is 18.7 Å². The Morgan fingerprint density at radius 2 is 1.88 bits per heavy atom. The number of benzene rings is 1. The van der Waals surface area contributed by atoms with Crippen LogP contribution in [0.15, 0.2) is 37.9 Å². The highest BCUT2D eigenvalue weighted by Crippen LogP contribution is 2.35. The van der Waals surface area contributed by atoms with Crippen molar-refractivity contribution < 1.29 is 18.7 Å². The first kappa shape index (κ1) is 16.8. The van der Waals surface area contributed by atoms with Crippen molar-refractivity contribution in [3.05, 3.63) is 45.8 Å². The molecular formula is C21H22O5. The number of furan rings is 1. The smallest absolute Gasteiger partial charge is 0.343 e. The first-order chi connectivity index (χ1) is 12.5. The summed E-state index contributed by atoms with van der Waals surface area (Å²) in [5, 5.41) is 11.0. The second-order valence-corrected chi connectivity index (χ2v) is 7.09. The van der Waals surface area contributed by atoms with Crippen LogP contribution in [0.2, 0.25) is 0 Å². The Kier molecular flexibility index (Phi) is 4.23. The van der Waals surface area contributed by atoms with Crippen LogP contribution in [0.5, 0.6) is 11.5 Å². The molecule has 1 N–H and O–H groups in total. The maximum absolute atomic E-state index is 11.9. The van der Waals surface area contributed by atoms with Crippen LogP contribution in [0.3, 0.4) is 0 Å². The van der Waals surface area contributed by atoms with Gasteiger partial charge in [-0.15, -0.1) is 0 Å². The van der Waals surface area contributed by atoms with Gasteiger partial charge in [0.05, 0.1) is 12.2 Å². The molecule has 0 atom stereocenters. The summed E-state index contributed by atoms with van der Waals surface area (Å²) in [5.41, 5.74) is 0.795. The summed E-state index contributed by atoms with van der Waals surface area (Å²) in [7, 11) is 0. The SMILES string of the molecule is Cc1c(-c2cc3cc(OCC4CCCC4)ccc3o2)oc(=O)c(C)c1O. The van der Waals surface area contributed by atoms with Gasteiger partial charge in [0, 0.05) is 10.9 Å². The first-order valence-corrected chi connectivity index (χ1v) is 9.03. The maximum Gasteiger partial charge on any atom is 0.343 e. The Balaban J connectivity index is 1.65. The van der Waals surface area contributed by atoms with Gasteiger partial charge in [-0.2, -0.15) is 0 Å². The highest BCUT2D eigenvalue weighted by atomic mass is 16.5. The molecule has 0 aliphatic heterocycles.